The number of nitrogens with zero attached hydrogens (tertiary/aromatic N) is 1. The lowest BCUT2D eigenvalue weighted by Gasteiger charge is -1.96. The fourth-order valence-electron chi connectivity index (χ4n) is 1.73. The molecule has 0 aromatic carbocycles. The van der Waals surface area contributed by atoms with Crippen LogP contribution in [0.3, 0.4) is 0 Å². The van der Waals surface area contributed by atoms with Gasteiger partial charge in [-0.05, 0) is 19.4 Å². The monoisotopic (exact) mass is 254 g/mol. The highest BCUT2D eigenvalue weighted by molar-refractivity contribution is 4.67. The maximum Gasteiger partial charge on any atom is 0.0621 e. The van der Waals surface area contributed by atoms with Crippen LogP contribution >= 0.6 is 0 Å². The van der Waals surface area contributed by atoms with E-state index in [0.29, 0.717) is 0 Å². The minimum Gasteiger partial charge on any atom is -0.330 e. The minimum atomic E-state index is 0.740. The molecule has 0 bridgehead atoms. The highest BCUT2D eigenvalue weighted by Crippen LogP contribution is 2.04. The van der Waals surface area contributed by atoms with Crippen molar-refractivity contribution < 1.29 is 0 Å². The summed E-state index contributed by atoms with van der Waals surface area (Å²) in [4.78, 5) is 0. The lowest BCUT2D eigenvalue weighted by atomic mass is 10.1. The molecule has 0 saturated heterocycles. The second kappa shape index (κ2) is 21.7. The van der Waals surface area contributed by atoms with Crippen molar-refractivity contribution in [2.75, 3.05) is 6.54 Å². The third kappa shape index (κ3) is 24.6. The third-order valence-corrected chi connectivity index (χ3v) is 2.95. The molecule has 0 aliphatic carbocycles. The van der Waals surface area contributed by atoms with Gasteiger partial charge in [0.1, 0.15) is 0 Å². The summed E-state index contributed by atoms with van der Waals surface area (Å²) < 4.78 is 0. The van der Waals surface area contributed by atoms with Crippen molar-refractivity contribution in [3.8, 4) is 6.07 Å². The van der Waals surface area contributed by atoms with Crippen molar-refractivity contribution in [1.82, 2.24) is 0 Å². The van der Waals surface area contributed by atoms with Crippen LogP contribution in [0, 0.1) is 11.3 Å². The Morgan fingerprint density at radius 2 is 1.17 bits per heavy atom. The Morgan fingerprint density at radius 3 is 1.61 bits per heavy atom. The molecule has 0 aliphatic rings. The average Bonchev–Trinajstić information content (AvgIpc) is 2.39. The van der Waals surface area contributed by atoms with Gasteiger partial charge < -0.3 is 5.73 Å². The Kier molecular flexibility index (Phi) is 23.9. The smallest absolute Gasteiger partial charge is 0.0621 e. The summed E-state index contributed by atoms with van der Waals surface area (Å²) in [6, 6.07) is 2.14. The second-order valence-corrected chi connectivity index (χ2v) is 4.88. The van der Waals surface area contributed by atoms with Crippen LogP contribution in [0.25, 0.3) is 0 Å². The number of unbranched alkanes of at least 4 members (excludes halogenated alkanes) is 10. The van der Waals surface area contributed by atoms with E-state index in [4.69, 9.17) is 11.0 Å². The van der Waals surface area contributed by atoms with Crippen LogP contribution in [0.1, 0.15) is 90.9 Å². The van der Waals surface area contributed by atoms with E-state index >= 15 is 0 Å². The summed E-state index contributed by atoms with van der Waals surface area (Å²) in [6.45, 7) is 5.30. The van der Waals surface area contributed by atoms with Gasteiger partial charge >= 0.3 is 0 Å². The van der Waals surface area contributed by atoms with Crippen molar-refractivity contribution >= 4 is 0 Å². The van der Waals surface area contributed by atoms with Crippen LogP contribution in [0.5, 0.6) is 0 Å². The molecule has 0 amide bonds. The molecular formula is C16H34N2. The molecule has 0 heterocycles. The van der Waals surface area contributed by atoms with Gasteiger partial charge in [0.05, 0.1) is 6.07 Å². The van der Waals surface area contributed by atoms with Gasteiger partial charge in [0.25, 0.3) is 0 Å². The van der Waals surface area contributed by atoms with Gasteiger partial charge in [-0.2, -0.15) is 5.26 Å². The molecule has 0 unspecified atom stereocenters. The van der Waals surface area contributed by atoms with E-state index in [0.717, 1.165) is 19.4 Å². The fourth-order valence-corrected chi connectivity index (χ4v) is 1.73. The zero-order valence-electron chi connectivity index (χ0n) is 12.7. The lowest BCUT2D eigenvalue weighted by Crippen LogP contribution is -1.97. The summed E-state index contributed by atoms with van der Waals surface area (Å²) in [6.07, 6.45) is 15.0. The maximum absolute atomic E-state index is 8.17. The van der Waals surface area contributed by atoms with Crippen molar-refractivity contribution in [2.45, 2.75) is 90.9 Å². The van der Waals surface area contributed by atoms with E-state index in [1.807, 2.05) is 0 Å². The van der Waals surface area contributed by atoms with E-state index in [1.54, 1.807) is 0 Å². The first-order valence-electron chi connectivity index (χ1n) is 7.90. The quantitative estimate of drug-likeness (QED) is 0.517. The molecule has 0 radical (unpaired) electrons. The van der Waals surface area contributed by atoms with Crippen molar-refractivity contribution in [1.29, 1.82) is 5.26 Å². The van der Waals surface area contributed by atoms with Gasteiger partial charge in [-0.1, -0.05) is 71.6 Å². The Labute approximate surface area is 115 Å². The topological polar surface area (TPSA) is 49.8 Å². The molecule has 2 nitrogen and oxygen atoms in total. The molecule has 0 atom stereocenters. The first-order valence-corrected chi connectivity index (χ1v) is 7.90. The van der Waals surface area contributed by atoms with Crippen LogP contribution < -0.4 is 5.73 Å². The Balaban J connectivity index is 0. The van der Waals surface area contributed by atoms with Gasteiger partial charge in [0.2, 0.25) is 0 Å². The second-order valence-electron chi connectivity index (χ2n) is 4.88. The van der Waals surface area contributed by atoms with Crippen LogP contribution in [0.2, 0.25) is 0 Å². The molecule has 2 heteroatoms. The SMILES string of the molecule is CCCCCCCC#N.CCCCCCCCN. The van der Waals surface area contributed by atoms with Gasteiger partial charge in [-0.15, -0.1) is 0 Å². The molecule has 2 N–H and O–H groups in total. The van der Waals surface area contributed by atoms with E-state index in [-0.39, 0.29) is 0 Å². The third-order valence-electron chi connectivity index (χ3n) is 2.95. The molecule has 0 saturated carbocycles. The zero-order chi connectivity index (χ0) is 13.9. The maximum atomic E-state index is 8.17. The van der Waals surface area contributed by atoms with Crippen molar-refractivity contribution in [3.63, 3.8) is 0 Å². The van der Waals surface area contributed by atoms with E-state index < -0.39 is 0 Å². The van der Waals surface area contributed by atoms with Crippen LogP contribution in [-0.4, -0.2) is 6.54 Å². The summed E-state index contributed by atoms with van der Waals surface area (Å²) >= 11 is 0. The van der Waals surface area contributed by atoms with Crippen LogP contribution in [-0.2, 0) is 0 Å². The summed E-state index contributed by atoms with van der Waals surface area (Å²) in [5.74, 6) is 0. The zero-order valence-corrected chi connectivity index (χ0v) is 12.7. The highest BCUT2D eigenvalue weighted by Gasteiger charge is 1.86. The molecule has 0 aromatic heterocycles. The summed E-state index contributed by atoms with van der Waals surface area (Å²) in [5, 5.41) is 8.17. The van der Waals surface area contributed by atoms with E-state index in [2.05, 4.69) is 19.9 Å². The minimum absolute atomic E-state index is 0.740. The molecule has 0 rings (SSSR count). The molecule has 0 aromatic rings. The van der Waals surface area contributed by atoms with Gasteiger partial charge in [-0.25, -0.2) is 0 Å². The first kappa shape index (κ1) is 19.8. The average molecular weight is 254 g/mol. The van der Waals surface area contributed by atoms with Crippen molar-refractivity contribution in [3.05, 3.63) is 0 Å². The lowest BCUT2D eigenvalue weighted by molar-refractivity contribution is 0.612. The number of hydrogen-bond donors (Lipinski definition) is 1. The van der Waals surface area contributed by atoms with Crippen LogP contribution in [0.15, 0.2) is 0 Å². The molecular weight excluding hydrogens is 220 g/mol. The Bertz CT molecular complexity index is 155. The van der Waals surface area contributed by atoms with Gasteiger partial charge in [0.15, 0.2) is 0 Å². The Morgan fingerprint density at radius 1 is 0.722 bits per heavy atom. The summed E-state index contributed by atoms with van der Waals surface area (Å²) in [5.41, 5.74) is 5.34. The Hall–Kier alpha value is -0.550. The van der Waals surface area contributed by atoms with E-state index in [1.165, 1.54) is 64.2 Å². The highest BCUT2D eigenvalue weighted by atomic mass is 14.5. The fraction of sp³-hybridized carbons (Fsp3) is 0.938. The van der Waals surface area contributed by atoms with E-state index in [9.17, 15) is 0 Å². The standard InChI is InChI=1S/C8H19N.C8H15N/c2*1-2-3-4-5-6-7-8-9/h2-9H2,1H3;2-7H2,1H3. The van der Waals surface area contributed by atoms with Gasteiger partial charge in [0, 0.05) is 6.42 Å². The first-order chi connectivity index (χ1) is 8.83. The number of hydrogen-bond acceptors (Lipinski definition) is 2. The number of rotatable bonds is 11. The molecule has 18 heavy (non-hydrogen) atoms. The molecule has 0 spiro atoms. The molecule has 0 aliphatic heterocycles. The normalized spacial score (nSPS) is 9.44. The van der Waals surface area contributed by atoms with Crippen LogP contribution in [0.4, 0.5) is 0 Å². The largest absolute Gasteiger partial charge is 0.330 e. The van der Waals surface area contributed by atoms with Crippen molar-refractivity contribution in [2.24, 2.45) is 5.73 Å². The molecule has 108 valence electrons. The summed E-state index contributed by atoms with van der Waals surface area (Å²) in [7, 11) is 0. The number of nitrogens with two attached hydrogens (primary N) is 1. The van der Waals surface area contributed by atoms with Gasteiger partial charge in [-0.3, -0.25) is 0 Å². The number of nitriles is 1. The predicted molar refractivity (Wildman–Crippen MR) is 81.4 cm³/mol. The molecule has 0 fully saturated rings. The predicted octanol–water partition coefficient (Wildman–Crippen LogP) is 5.18.